The first-order chi connectivity index (χ1) is 15.8. The van der Waals surface area contributed by atoms with Crippen LogP contribution in [0.2, 0.25) is 0 Å². The van der Waals surface area contributed by atoms with E-state index in [-0.39, 0.29) is 54.9 Å². The lowest BCUT2D eigenvalue weighted by Gasteiger charge is -2.26. The van der Waals surface area contributed by atoms with Crippen LogP contribution in [0.5, 0.6) is 0 Å². The average molecular weight is 460 g/mol. The molecule has 4 unspecified atom stereocenters. The van der Waals surface area contributed by atoms with Crippen LogP contribution in [-0.4, -0.2) is 59.0 Å². The number of ether oxygens (including phenoxy) is 1. The van der Waals surface area contributed by atoms with E-state index in [4.69, 9.17) is 10.5 Å². The molecule has 3 aliphatic rings. The second-order valence-electron chi connectivity index (χ2n) is 8.80. The molecule has 4 atom stereocenters. The number of H-pyrrole nitrogens is 1. The van der Waals surface area contributed by atoms with Crippen LogP contribution in [0, 0.1) is 23.7 Å². The molecule has 3 N–H and O–H groups in total. The standard InChI is InChI=1S/C22H29N5O6/c1-3-4-7-26-18(23)17(19(29)24-22(26)32)25(8-9-33-2)14(28)11-27-20(30)15-12-5-6-13(10-12)16(15)21(27)31/h5-6,12-13,15-16H,3-4,7-11,23H2,1-2H3,(H,24,29,32). The number of imide groups is 1. The van der Waals surface area contributed by atoms with Crippen LogP contribution in [0.4, 0.5) is 11.5 Å². The lowest BCUT2D eigenvalue weighted by molar-refractivity contribution is -0.143. The van der Waals surface area contributed by atoms with Crippen molar-refractivity contribution in [3.05, 3.63) is 33.0 Å². The summed E-state index contributed by atoms with van der Waals surface area (Å²) < 4.78 is 6.30. The van der Waals surface area contributed by atoms with Gasteiger partial charge in [0.2, 0.25) is 17.7 Å². The number of fused-ring (bicyclic) bond motifs is 5. The van der Waals surface area contributed by atoms with Crippen LogP contribution in [0.25, 0.3) is 0 Å². The van der Waals surface area contributed by atoms with Gasteiger partial charge in [-0.2, -0.15) is 0 Å². The van der Waals surface area contributed by atoms with Crippen LogP contribution in [0.15, 0.2) is 21.7 Å². The Bertz CT molecular complexity index is 1090. The minimum atomic E-state index is -0.812. The molecule has 0 aromatic carbocycles. The number of rotatable bonds is 9. The Balaban J connectivity index is 1.63. The highest BCUT2D eigenvalue weighted by Gasteiger charge is 2.59. The van der Waals surface area contributed by atoms with Crippen molar-refractivity contribution in [2.75, 3.05) is 37.4 Å². The first-order valence-electron chi connectivity index (χ1n) is 11.3. The third-order valence-corrected chi connectivity index (χ3v) is 6.89. The number of nitrogen functional groups attached to an aromatic ring is 1. The molecule has 0 radical (unpaired) electrons. The third-order valence-electron chi connectivity index (χ3n) is 6.89. The number of amides is 3. The highest BCUT2D eigenvalue weighted by atomic mass is 16.5. The third kappa shape index (κ3) is 3.79. The van der Waals surface area contributed by atoms with Crippen LogP contribution < -0.4 is 21.9 Å². The van der Waals surface area contributed by atoms with Crippen LogP contribution in [0.3, 0.4) is 0 Å². The predicted octanol–water partition coefficient (Wildman–Crippen LogP) is -0.295. The van der Waals surface area contributed by atoms with Crippen LogP contribution in [0.1, 0.15) is 26.2 Å². The number of nitrogens with one attached hydrogen (secondary N) is 1. The Labute approximate surface area is 190 Å². The largest absolute Gasteiger partial charge is 0.383 e. The SMILES string of the molecule is CCCCn1c(N)c(N(CCOC)C(=O)CN2C(=O)C3C4C=CC(C4)C3C2=O)c(=O)[nH]c1=O. The van der Waals surface area contributed by atoms with Crippen LogP contribution >= 0.6 is 0 Å². The molecule has 11 heteroatoms. The van der Waals surface area contributed by atoms with E-state index in [0.29, 0.717) is 6.42 Å². The number of anilines is 2. The summed E-state index contributed by atoms with van der Waals surface area (Å²) in [6.07, 6.45) is 6.20. The maximum Gasteiger partial charge on any atom is 0.330 e. The van der Waals surface area contributed by atoms with Gasteiger partial charge in [-0.1, -0.05) is 25.5 Å². The van der Waals surface area contributed by atoms with Crippen molar-refractivity contribution in [3.63, 3.8) is 0 Å². The van der Waals surface area contributed by atoms with Crippen molar-refractivity contribution in [2.45, 2.75) is 32.7 Å². The second kappa shape index (κ2) is 8.97. The van der Waals surface area contributed by atoms with Gasteiger partial charge < -0.3 is 15.4 Å². The molecule has 2 aliphatic carbocycles. The van der Waals surface area contributed by atoms with Gasteiger partial charge in [0.05, 0.1) is 18.4 Å². The number of hydrogen-bond acceptors (Lipinski definition) is 7. The van der Waals surface area contributed by atoms with E-state index < -0.39 is 35.5 Å². The summed E-state index contributed by atoms with van der Waals surface area (Å²) in [6, 6.07) is 0. The number of carbonyl (C=O) groups is 3. The van der Waals surface area contributed by atoms with E-state index >= 15 is 0 Å². The first-order valence-corrected chi connectivity index (χ1v) is 11.3. The molecule has 178 valence electrons. The molecule has 1 saturated heterocycles. The second-order valence-corrected chi connectivity index (χ2v) is 8.80. The van der Waals surface area contributed by atoms with E-state index in [0.717, 1.165) is 22.6 Å². The van der Waals surface area contributed by atoms with Gasteiger partial charge in [0.1, 0.15) is 12.4 Å². The summed E-state index contributed by atoms with van der Waals surface area (Å²) in [6.45, 7) is 1.77. The smallest absolute Gasteiger partial charge is 0.330 e. The van der Waals surface area contributed by atoms with Gasteiger partial charge >= 0.3 is 5.69 Å². The molecule has 1 aliphatic heterocycles. The van der Waals surface area contributed by atoms with Crippen molar-refractivity contribution >= 4 is 29.2 Å². The lowest BCUT2D eigenvalue weighted by atomic mass is 9.85. The van der Waals surface area contributed by atoms with Crippen molar-refractivity contribution in [1.82, 2.24) is 14.5 Å². The minimum absolute atomic E-state index is 0.0294. The number of carbonyl (C=O) groups excluding carboxylic acids is 3. The molecule has 1 aromatic rings. The quantitative estimate of drug-likeness (QED) is 0.381. The van der Waals surface area contributed by atoms with Crippen molar-refractivity contribution in [2.24, 2.45) is 23.7 Å². The number of aromatic amines is 1. The molecule has 1 saturated carbocycles. The molecule has 2 fully saturated rings. The molecular weight excluding hydrogens is 430 g/mol. The zero-order valence-corrected chi connectivity index (χ0v) is 18.8. The van der Waals surface area contributed by atoms with Crippen molar-refractivity contribution < 1.29 is 19.1 Å². The molecule has 3 amide bonds. The topological polar surface area (TPSA) is 148 Å². The van der Waals surface area contributed by atoms with Gasteiger partial charge in [-0.15, -0.1) is 0 Å². The Morgan fingerprint density at radius 1 is 1.18 bits per heavy atom. The summed E-state index contributed by atoms with van der Waals surface area (Å²) in [5.41, 5.74) is 4.51. The number of nitrogens with two attached hydrogens (primary N) is 1. The molecule has 2 heterocycles. The molecule has 11 nitrogen and oxygen atoms in total. The van der Waals surface area contributed by atoms with Crippen molar-refractivity contribution in [1.29, 1.82) is 0 Å². The van der Waals surface area contributed by atoms with Gasteiger partial charge in [-0.05, 0) is 24.7 Å². The van der Waals surface area contributed by atoms with E-state index in [1.807, 2.05) is 19.1 Å². The molecule has 4 rings (SSSR count). The number of unbranched alkanes of at least 4 members (excludes halogenated alkanes) is 1. The molecular formula is C22H29N5O6. The lowest BCUT2D eigenvalue weighted by Crippen LogP contribution is -2.48. The van der Waals surface area contributed by atoms with E-state index in [1.165, 1.54) is 11.7 Å². The maximum atomic E-state index is 13.3. The van der Waals surface area contributed by atoms with Gasteiger partial charge in [-0.3, -0.25) is 33.6 Å². The number of likely N-dealkylation sites (tertiary alicyclic amines) is 1. The average Bonchev–Trinajstić information content (AvgIpc) is 3.45. The number of hydrogen-bond donors (Lipinski definition) is 2. The summed E-state index contributed by atoms with van der Waals surface area (Å²) in [5, 5.41) is 0. The normalized spacial score (nSPS) is 25.2. The Hall–Kier alpha value is -3.21. The number of methoxy groups -OCH3 is 1. The summed E-state index contributed by atoms with van der Waals surface area (Å²) in [4.78, 5) is 68.5. The molecule has 1 aromatic heterocycles. The van der Waals surface area contributed by atoms with E-state index in [1.54, 1.807) is 0 Å². The Morgan fingerprint density at radius 3 is 2.39 bits per heavy atom. The monoisotopic (exact) mass is 459 g/mol. The summed E-state index contributed by atoms with van der Waals surface area (Å²) in [5.74, 6) is -2.27. The zero-order valence-electron chi connectivity index (χ0n) is 18.8. The zero-order chi connectivity index (χ0) is 23.9. The highest BCUT2D eigenvalue weighted by Crippen LogP contribution is 2.52. The maximum absolute atomic E-state index is 13.3. The predicted molar refractivity (Wildman–Crippen MR) is 119 cm³/mol. The van der Waals surface area contributed by atoms with Crippen LogP contribution in [-0.2, 0) is 25.7 Å². The van der Waals surface area contributed by atoms with Gasteiger partial charge in [0.25, 0.3) is 5.56 Å². The number of aromatic nitrogens is 2. The fraction of sp³-hybridized carbons (Fsp3) is 0.591. The fourth-order valence-electron chi connectivity index (χ4n) is 5.26. The van der Waals surface area contributed by atoms with Crippen molar-refractivity contribution in [3.8, 4) is 0 Å². The van der Waals surface area contributed by atoms with Gasteiger partial charge in [-0.25, -0.2) is 4.79 Å². The van der Waals surface area contributed by atoms with Gasteiger partial charge in [0.15, 0.2) is 5.69 Å². The number of nitrogens with zero attached hydrogens (tertiary/aromatic N) is 3. The van der Waals surface area contributed by atoms with E-state index in [9.17, 15) is 24.0 Å². The van der Waals surface area contributed by atoms with Gasteiger partial charge in [0, 0.05) is 20.2 Å². The summed E-state index contributed by atoms with van der Waals surface area (Å²) >= 11 is 0. The highest BCUT2D eigenvalue weighted by molar-refractivity contribution is 6.10. The minimum Gasteiger partial charge on any atom is -0.383 e. The number of allylic oxidation sites excluding steroid dienone is 2. The fourth-order valence-corrected chi connectivity index (χ4v) is 5.26. The summed E-state index contributed by atoms with van der Waals surface area (Å²) in [7, 11) is 1.44. The Morgan fingerprint density at radius 2 is 1.82 bits per heavy atom. The van der Waals surface area contributed by atoms with E-state index in [2.05, 4.69) is 4.98 Å². The molecule has 33 heavy (non-hydrogen) atoms. The molecule has 2 bridgehead atoms. The Kier molecular flexibility index (Phi) is 6.24. The molecule has 0 spiro atoms. The first kappa shape index (κ1) is 23.0.